The Morgan fingerprint density at radius 2 is 2.46 bits per heavy atom. The van der Waals surface area contributed by atoms with E-state index in [1.807, 2.05) is 12.1 Å². The predicted molar refractivity (Wildman–Crippen MR) is 45.3 cm³/mol. The van der Waals surface area contributed by atoms with Crippen LogP contribution in [0.5, 0.6) is 0 Å². The van der Waals surface area contributed by atoms with Crippen LogP contribution in [-0.2, 0) is 4.79 Å². The maximum Gasteiger partial charge on any atom is 0.235 e. The molecule has 2 heterocycles. The van der Waals surface area contributed by atoms with Crippen LogP contribution in [0.1, 0.15) is 18.2 Å². The van der Waals surface area contributed by atoms with Crippen LogP contribution in [0.3, 0.4) is 0 Å². The van der Waals surface area contributed by atoms with Gasteiger partial charge >= 0.3 is 0 Å². The highest BCUT2D eigenvalue weighted by Crippen LogP contribution is 2.21. The number of nitrogens with one attached hydrogen (secondary N) is 2. The number of rotatable bonds is 2. The van der Waals surface area contributed by atoms with Crippen LogP contribution in [-0.4, -0.2) is 11.9 Å². The summed E-state index contributed by atoms with van der Waals surface area (Å²) in [6.07, 6.45) is 2.23. The molecule has 1 amide bonds. The molecular weight excluding hydrogens is 170 g/mol. The van der Waals surface area contributed by atoms with Crippen molar-refractivity contribution in [1.29, 1.82) is 0 Å². The first-order valence-electron chi connectivity index (χ1n) is 4.11. The molecule has 1 aromatic rings. The zero-order valence-electron chi connectivity index (χ0n) is 6.99. The van der Waals surface area contributed by atoms with Crippen LogP contribution in [0.2, 0.25) is 0 Å². The van der Waals surface area contributed by atoms with Gasteiger partial charge in [-0.2, -0.15) is 0 Å². The summed E-state index contributed by atoms with van der Waals surface area (Å²) in [5.41, 5.74) is 10.9. The molecule has 1 aliphatic heterocycles. The Morgan fingerprint density at radius 1 is 1.62 bits per heavy atom. The van der Waals surface area contributed by atoms with E-state index in [0.717, 1.165) is 5.76 Å². The highest BCUT2D eigenvalue weighted by molar-refractivity contribution is 5.80. The van der Waals surface area contributed by atoms with Crippen LogP contribution in [0, 0.1) is 0 Å². The van der Waals surface area contributed by atoms with E-state index >= 15 is 0 Å². The molecule has 5 heteroatoms. The van der Waals surface area contributed by atoms with Gasteiger partial charge in [-0.3, -0.25) is 4.79 Å². The molecule has 5 nitrogen and oxygen atoms in total. The number of hydrogen-bond donors (Lipinski definition) is 3. The number of primary amides is 1. The average molecular weight is 181 g/mol. The lowest BCUT2D eigenvalue weighted by Gasteiger charge is -2.03. The van der Waals surface area contributed by atoms with Crippen molar-refractivity contribution in [3.05, 3.63) is 24.2 Å². The predicted octanol–water partition coefficient (Wildman–Crippen LogP) is -0.328. The molecule has 2 unspecified atom stereocenters. The van der Waals surface area contributed by atoms with Crippen LogP contribution in [0.4, 0.5) is 0 Å². The molecular formula is C8H11N3O2. The molecule has 2 rings (SSSR count). The number of hydrazine groups is 1. The van der Waals surface area contributed by atoms with Crippen molar-refractivity contribution in [3.63, 3.8) is 0 Å². The van der Waals surface area contributed by atoms with E-state index in [0.29, 0.717) is 6.42 Å². The summed E-state index contributed by atoms with van der Waals surface area (Å²) in [4.78, 5) is 10.8. The number of carbonyl (C=O) groups is 1. The van der Waals surface area contributed by atoms with Gasteiger partial charge < -0.3 is 10.2 Å². The minimum Gasteiger partial charge on any atom is -0.468 e. The highest BCUT2D eigenvalue weighted by atomic mass is 16.3. The number of carbonyl (C=O) groups excluding carboxylic acids is 1. The van der Waals surface area contributed by atoms with Crippen LogP contribution in [0.25, 0.3) is 0 Å². The second-order valence-corrected chi connectivity index (χ2v) is 3.05. The fourth-order valence-electron chi connectivity index (χ4n) is 1.42. The number of amides is 1. The quantitative estimate of drug-likeness (QED) is 0.583. The monoisotopic (exact) mass is 181 g/mol. The van der Waals surface area contributed by atoms with Crippen LogP contribution >= 0.6 is 0 Å². The first-order valence-corrected chi connectivity index (χ1v) is 4.11. The molecule has 2 atom stereocenters. The summed E-state index contributed by atoms with van der Waals surface area (Å²) < 4.78 is 5.19. The second-order valence-electron chi connectivity index (χ2n) is 3.05. The molecule has 1 fully saturated rings. The van der Waals surface area contributed by atoms with Gasteiger partial charge in [0.05, 0.1) is 12.3 Å². The Balaban J connectivity index is 2.03. The van der Waals surface area contributed by atoms with E-state index in [-0.39, 0.29) is 18.0 Å². The van der Waals surface area contributed by atoms with Gasteiger partial charge in [0, 0.05) is 0 Å². The van der Waals surface area contributed by atoms with Crippen molar-refractivity contribution in [2.75, 3.05) is 0 Å². The molecule has 1 aliphatic rings. The van der Waals surface area contributed by atoms with Gasteiger partial charge in [-0.1, -0.05) is 0 Å². The molecule has 0 saturated carbocycles. The Hall–Kier alpha value is -1.33. The van der Waals surface area contributed by atoms with Crippen molar-refractivity contribution in [2.45, 2.75) is 18.5 Å². The highest BCUT2D eigenvalue weighted by Gasteiger charge is 2.29. The standard InChI is InChI=1S/C8H11N3O2/c9-8(12)6-4-5(10-11-6)7-2-1-3-13-7/h1-3,5-6,10-11H,4H2,(H2,9,12). The van der Waals surface area contributed by atoms with Gasteiger partial charge in [-0.15, -0.1) is 0 Å². The fraction of sp³-hybridized carbons (Fsp3) is 0.375. The molecule has 0 aliphatic carbocycles. The van der Waals surface area contributed by atoms with Crippen molar-refractivity contribution in [3.8, 4) is 0 Å². The van der Waals surface area contributed by atoms with Crippen molar-refractivity contribution < 1.29 is 9.21 Å². The topological polar surface area (TPSA) is 80.3 Å². The Morgan fingerprint density at radius 3 is 3.00 bits per heavy atom. The van der Waals surface area contributed by atoms with Gasteiger partial charge in [0.1, 0.15) is 11.8 Å². The number of nitrogens with two attached hydrogens (primary N) is 1. The molecule has 0 bridgehead atoms. The smallest absolute Gasteiger partial charge is 0.235 e. The minimum absolute atomic E-state index is 0.0347. The second kappa shape index (κ2) is 3.20. The normalized spacial score (nSPS) is 27.7. The van der Waals surface area contributed by atoms with E-state index in [1.165, 1.54) is 0 Å². The lowest BCUT2D eigenvalue weighted by Crippen LogP contribution is -2.40. The molecule has 13 heavy (non-hydrogen) atoms. The van der Waals surface area contributed by atoms with Crippen LogP contribution < -0.4 is 16.6 Å². The maximum absolute atomic E-state index is 10.8. The molecule has 4 N–H and O–H groups in total. The average Bonchev–Trinajstić information content (AvgIpc) is 2.75. The van der Waals surface area contributed by atoms with E-state index in [9.17, 15) is 4.79 Å². The van der Waals surface area contributed by atoms with E-state index in [2.05, 4.69) is 10.9 Å². The molecule has 0 spiro atoms. The van der Waals surface area contributed by atoms with Gasteiger partial charge in [0.15, 0.2) is 0 Å². The fourth-order valence-corrected chi connectivity index (χ4v) is 1.42. The van der Waals surface area contributed by atoms with Gasteiger partial charge in [-0.05, 0) is 18.6 Å². The zero-order valence-corrected chi connectivity index (χ0v) is 6.99. The van der Waals surface area contributed by atoms with E-state index in [4.69, 9.17) is 10.2 Å². The van der Waals surface area contributed by atoms with E-state index < -0.39 is 0 Å². The summed E-state index contributed by atoms with van der Waals surface area (Å²) in [6, 6.07) is 3.40. The molecule has 70 valence electrons. The SMILES string of the molecule is NC(=O)C1CC(c2ccco2)NN1. The first kappa shape index (κ1) is 8.28. The molecule has 1 saturated heterocycles. The maximum atomic E-state index is 10.8. The van der Waals surface area contributed by atoms with Crippen molar-refractivity contribution in [1.82, 2.24) is 10.9 Å². The molecule has 1 aromatic heterocycles. The first-order chi connectivity index (χ1) is 6.27. The summed E-state index contributed by atoms with van der Waals surface area (Å²) >= 11 is 0. The molecule has 0 aromatic carbocycles. The number of hydrogen-bond acceptors (Lipinski definition) is 4. The summed E-state index contributed by atoms with van der Waals surface area (Å²) in [6.45, 7) is 0. The van der Waals surface area contributed by atoms with Crippen molar-refractivity contribution >= 4 is 5.91 Å². The lowest BCUT2D eigenvalue weighted by molar-refractivity contribution is -0.119. The third-order valence-electron chi connectivity index (χ3n) is 2.13. The third-order valence-corrected chi connectivity index (χ3v) is 2.13. The van der Waals surface area contributed by atoms with Crippen LogP contribution in [0.15, 0.2) is 22.8 Å². The molecule has 0 radical (unpaired) electrons. The Bertz CT molecular complexity index is 296. The summed E-state index contributed by atoms with van der Waals surface area (Å²) in [5, 5.41) is 0. The number of furan rings is 1. The minimum atomic E-state index is -0.346. The third kappa shape index (κ3) is 1.56. The Kier molecular flexibility index (Phi) is 2.03. The van der Waals surface area contributed by atoms with E-state index in [1.54, 1.807) is 6.26 Å². The zero-order chi connectivity index (χ0) is 9.26. The van der Waals surface area contributed by atoms with Gasteiger partial charge in [-0.25, -0.2) is 10.9 Å². The summed E-state index contributed by atoms with van der Waals surface area (Å²) in [7, 11) is 0. The van der Waals surface area contributed by atoms with Crippen molar-refractivity contribution in [2.24, 2.45) is 5.73 Å². The Labute approximate surface area is 75.3 Å². The largest absolute Gasteiger partial charge is 0.468 e. The van der Waals surface area contributed by atoms with Gasteiger partial charge in [0.25, 0.3) is 0 Å². The van der Waals surface area contributed by atoms with Gasteiger partial charge in [0.2, 0.25) is 5.91 Å². The lowest BCUT2D eigenvalue weighted by atomic mass is 10.1. The summed E-state index contributed by atoms with van der Waals surface area (Å²) in [5.74, 6) is 0.470.